The maximum absolute atomic E-state index is 13.4. The largest absolute Gasteiger partial charge is 0.328 e. The fourth-order valence-corrected chi connectivity index (χ4v) is 1.90. The number of carbonyl (C=O) groups is 1. The van der Waals surface area contributed by atoms with Gasteiger partial charge < -0.3 is 4.57 Å². The van der Waals surface area contributed by atoms with E-state index >= 15 is 0 Å². The number of rotatable bonds is 5. The molecular weight excluding hydrogens is 231 g/mol. The van der Waals surface area contributed by atoms with Crippen molar-refractivity contribution in [1.82, 2.24) is 9.55 Å². The highest BCUT2D eigenvalue weighted by molar-refractivity contribution is 5.80. The fraction of sp³-hybridized carbons (Fsp3) is 0.286. The van der Waals surface area contributed by atoms with Crippen LogP contribution in [-0.2, 0) is 24.2 Å². The molecule has 4 heteroatoms. The molecule has 1 heterocycles. The number of nitrogens with zero attached hydrogens (tertiary/aromatic N) is 2. The van der Waals surface area contributed by atoms with E-state index in [1.807, 2.05) is 11.5 Å². The van der Waals surface area contributed by atoms with Crippen molar-refractivity contribution in [2.75, 3.05) is 0 Å². The Bertz CT molecular complexity index is 548. The number of hydrogen-bond acceptors (Lipinski definition) is 2. The number of halogens is 1. The van der Waals surface area contributed by atoms with E-state index in [0.717, 1.165) is 12.2 Å². The van der Waals surface area contributed by atoms with Crippen molar-refractivity contribution in [2.24, 2.45) is 0 Å². The lowest BCUT2D eigenvalue weighted by atomic mass is 10.1. The zero-order chi connectivity index (χ0) is 13.0. The van der Waals surface area contributed by atoms with E-state index in [1.54, 1.807) is 30.6 Å². The first kappa shape index (κ1) is 12.5. The molecule has 2 aromatic rings. The molecular formula is C14H15FN2O. The second kappa shape index (κ2) is 5.58. The minimum Gasteiger partial charge on any atom is -0.328 e. The van der Waals surface area contributed by atoms with Crippen LogP contribution in [0.5, 0.6) is 0 Å². The summed E-state index contributed by atoms with van der Waals surface area (Å²) in [6.45, 7) is 2.23. The topological polar surface area (TPSA) is 34.9 Å². The van der Waals surface area contributed by atoms with Crippen molar-refractivity contribution in [3.8, 4) is 0 Å². The van der Waals surface area contributed by atoms with Crippen LogP contribution in [0.1, 0.15) is 18.3 Å². The van der Waals surface area contributed by atoms with Gasteiger partial charge in [-0.1, -0.05) is 25.1 Å². The SMILES string of the molecule is CCc1nccn1CC(=O)Cc1ccccc1F. The van der Waals surface area contributed by atoms with E-state index in [-0.39, 0.29) is 24.6 Å². The number of aromatic nitrogens is 2. The lowest BCUT2D eigenvalue weighted by molar-refractivity contribution is -0.119. The van der Waals surface area contributed by atoms with E-state index in [1.165, 1.54) is 6.07 Å². The molecule has 0 unspecified atom stereocenters. The Balaban J connectivity index is 2.04. The first-order chi connectivity index (χ1) is 8.70. The van der Waals surface area contributed by atoms with E-state index in [0.29, 0.717) is 5.56 Å². The molecule has 0 spiro atoms. The first-order valence-electron chi connectivity index (χ1n) is 5.95. The number of imidazole rings is 1. The maximum atomic E-state index is 13.4. The fourth-order valence-electron chi connectivity index (χ4n) is 1.90. The third kappa shape index (κ3) is 2.83. The molecule has 1 aromatic carbocycles. The van der Waals surface area contributed by atoms with Gasteiger partial charge in [0.2, 0.25) is 0 Å². The van der Waals surface area contributed by atoms with Gasteiger partial charge in [0.05, 0.1) is 6.54 Å². The molecule has 18 heavy (non-hydrogen) atoms. The first-order valence-corrected chi connectivity index (χ1v) is 5.95. The molecule has 0 aliphatic carbocycles. The van der Waals surface area contributed by atoms with Crippen molar-refractivity contribution in [3.63, 3.8) is 0 Å². The molecule has 0 saturated carbocycles. The van der Waals surface area contributed by atoms with Crippen molar-refractivity contribution in [1.29, 1.82) is 0 Å². The molecule has 0 bridgehead atoms. The normalized spacial score (nSPS) is 10.6. The third-order valence-electron chi connectivity index (χ3n) is 2.81. The molecule has 0 radical (unpaired) electrons. The van der Waals surface area contributed by atoms with Crippen LogP contribution in [0.2, 0.25) is 0 Å². The van der Waals surface area contributed by atoms with E-state index < -0.39 is 0 Å². The van der Waals surface area contributed by atoms with Gasteiger partial charge in [0.25, 0.3) is 0 Å². The van der Waals surface area contributed by atoms with Crippen LogP contribution in [0.25, 0.3) is 0 Å². The number of aryl methyl sites for hydroxylation is 1. The zero-order valence-electron chi connectivity index (χ0n) is 10.3. The number of hydrogen-bond donors (Lipinski definition) is 0. The highest BCUT2D eigenvalue weighted by Gasteiger charge is 2.10. The second-order valence-corrected chi connectivity index (χ2v) is 4.13. The minimum atomic E-state index is -0.327. The van der Waals surface area contributed by atoms with Crippen LogP contribution in [0.4, 0.5) is 4.39 Å². The summed E-state index contributed by atoms with van der Waals surface area (Å²) in [6, 6.07) is 6.37. The Morgan fingerprint density at radius 1 is 1.39 bits per heavy atom. The summed E-state index contributed by atoms with van der Waals surface area (Å²) in [4.78, 5) is 16.0. The Kier molecular flexibility index (Phi) is 3.87. The molecule has 94 valence electrons. The summed E-state index contributed by atoms with van der Waals surface area (Å²) < 4.78 is 15.2. The Morgan fingerprint density at radius 2 is 2.17 bits per heavy atom. The Hall–Kier alpha value is -1.97. The summed E-state index contributed by atoms with van der Waals surface area (Å²) in [5, 5.41) is 0. The van der Waals surface area contributed by atoms with Crippen molar-refractivity contribution >= 4 is 5.78 Å². The van der Waals surface area contributed by atoms with Crippen LogP contribution >= 0.6 is 0 Å². The summed E-state index contributed by atoms with van der Waals surface area (Å²) in [7, 11) is 0. The molecule has 1 aromatic heterocycles. The lowest BCUT2D eigenvalue weighted by Gasteiger charge is -2.06. The van der Waals surface area contributed by atoms with Crippen LogP contribution in [0, 0.1) is 5.82 Å². The average Bonchev–Trinajstić information content (AvgIpc) is 2.79. The van der Waals surface area contributed by atoms with E-state index in [2.05, 4.69) is 4.98 Å². The lowest BCUT2D eigenvalue weighted by Crippen LogP contribution is -2.14. The predicted octanol–water partition coefficient (Wildman–Crippen LogP) is 2.40. The molecule has 2 rings (SSSR count). The van der Waals surface area contributed by atoms with Gasteiger partial charge in [0, 0.05) is 25.2 Å². The van der Waals surface area contributed by atoms with Crippen molar-refractivity contribution in [3.05, 3.63) is 53.9 Å². The highest BCUT2D eigenvalue weighted by atomic mass is 19.1. The Labute approximate surface area is 105 Å². The molecule has 0 aliphatic heterocycles. The number of Topliss-reactive ketones (excluding diaryl/α,β-unsaturated/α-hetero) is 1. The smallest absolute Gasteiger partial charge is 0.157 e. The second-order valence-electron chi connectivity index (χ2n) is 4.13. The standard InChI is InChI=1S/C14H15FN2O/c1-2-14-16-7-8-17(14)10-12(18)9-11-5-3-4-6-13(11)15/h3-8H,2,9-10H2,1H3. The average molecular weight is 246 g/mol. The quantitative estimate of drug-likeness (QED) is 0.812. The summed E-state index contributed by atoms with van der Waals surface area (Å²) in [6.07, 6.45) is 4.35. The maximum Gasteiger partial charge on any atom is 0.157 e. The minimum absolute atomic E-state index is 0.0206. The predicted molar refractivity (Wildman–Crippen MR) is 66.7 cm³/mol. The Morgan fingerprint density at radius 3 is 2.89 bits per heavy atom. The number of ketones is 1. The van der Waals surface area contributed by atoms with Gasteiger partial charge in [-0.3, -0.25) is 4.79 Å². The molecule has 0 amide bonds. The highest BCUT2D eigenvalue weighted by Crippen LogP contribution is 2.08. The van der Waals surface area contributed by atoms with Crippen LogP contribution in [0.3, 0.4) is 0 Å². The summed E-state index contributed by atoms with van der Waals surface area (Å²) in [5.74, 6) is 0.525. The zero-order valence-corrected chi connectivity index (χ0v) is 10.3. The molecule has 0 saturated heterocycles. The van der Waals surface area contributed by atoms with Gasteiger partial charge in [0.1, 0.15) is 11.6 Å². The molecule has 0 N–H and O–H groups in total. The number of benzene rings is 1. The van der Waals surface area contributed by atoms with Gasteiger partial charge in [-0.05, 0) is 11.6 Å². The summed E-state index contributed by atoms with van der Waals surface area (Å²) >= 11 is 0. The molecule has 0 aliphatic rings. The van der Waals surface area contributed by atoms with Crippen LogP contribution in [-0.4, -0.2) is 15.3 Å². The van der Waals surface area contributed by atoms with Gasteiger partial charge in [-0.2, -0.15) is 0 Å². The third-order valence-corrected chi connectivity index (χ3v) is 2.81. The van der Waals surface area contributed by atoms with Crippen LogP contribution < -0.4 is 0 Å². The molecule has 0 fully saturated rings. The van der Waals surface area contributed by atoms with Gasteiger partial charge in [-0.25, -0.2) is 9.37 Å². The van der Waals surface area contributed by atoms with Gasteiger partial charge in [0.15, 0.2) is 5.78 Å². The van der Waals surface area contributed by atoms with Gasteiger partial charge in [-0.15, -0.1) is 0 Å². The van der Waals surface area contributed by atoms with Crippen molar-refractivity contribution in [2.45, 2.75) is 26.3 Å². The van der Waals surface area contributed by atoms with Crippen molar-refractivity contribution < 1.29 is 9.18 Å². The molecule has 0 atom stereocenters. The van der Waals surface area contributed by atoms with Crippen LogP contribution in [0.15, 0.2) is 36.7 Å². The van der Waals surface area contributed by atoms with E-state index in [9.17, 15) is 9.18 Å². The molecule has 3 nitrogen and oxygen atoms in total. The number of carbonyl (C=O) groups excluding carboxylic acids is 1. The monoisotopic (exact) mass is 246 g/mol. The van der Waals surface area contributed by atoms with E-state index in [4.69, 9.17) is 0 Å². The summed E-state index contributed by atoms with van der Waals surface area (Å²) in [5.41, 5.74) is 0.445. The van der Waals surface area contributed by atoms with Gasteiger partial charge >= 0.3 is 0 Å².